The Balaban J connectivity index is 2.94. The number of hydrogen-bond donors (Lipinski definition) is 1. The summed E-state index contributed by atoms with van der Waals surface area (Å²) in [6, 6.07) is 2.86. The molecule has 0 spiro atoms. The Morgan fingerprint density at radius 1 is 1.67 bits per heavy atom. The van der Waals surface area contributed by atoms with Gasteiger partial charge in [-0.3, -0.25) is 5.11 Å². The van der Waals surface area contributed by atoms with Crippen molar-refractivity contribution in [1.82, 2.24) is 4.98 Å². The largest absolute Gasteiger partial charge is 0.373 e. The summed E-state index contributed by atoms with van der Waals surface area (Å²) in [5, 5.41) is 13.3. The van der Waals surface area contributed by atoms with Crippen LogP contribution < -0.4 is 5.32 Å². The Kier molecular flexibility index (Phi) is 1.53. The highest BCUT2D eigenvalue weighted by molar-refractivity contribution is 5.38. The van der Waals surface area contributed by atoms with E-state index >= 15 is 0 Å². The van der Waals surface area contributed by atoms with Gasteiger partial charge in [0.05, 0.1) is 0 Å². The van der Waals surface area contributed by atoms with Gasteiger partial charge in [0.2, 0.25) is 0 Å². The highest BCUT2D eigenvalue weighted by Crippen LogP contribution is 2.11. The smallest absolute Gasteiger partial charge is 0.183 e. The first-order chi connectivity index (χ1) is 4.33. The Labute approximate surface area is 53.4 Å². The number of aromatic nitrogens is 1. The van der Waals surface area contributed by atoms with Crippen LogP contribution in [-0.2, 0) is 5.11 Å². The molecule has 1 heterocycles. The quantitative estimate of drug-likeness (QED) is 0.611. The molecule has 47 valence electrons. The van der Waals surface area contributed by atoms with Crippen molar-refractivity contribution < 1.29 is 5.11 Å². The van der Waals surface area contributed by atoms with E-state index in [2.05, 4.69) is 10.3 Å². The summed E-state index contributed by atoms with van der Waals surface area (Å²) in [6.07, 6.45) is 1.48. The second kappa shape index (κ2) is 2.35. The van der Waals surface area contributed by atoms with Gasteiger partial charge in [-0.2, -0.15) is 0 Å². The van der Waals surface area contributed by atoms with Crippen LogP contribution in [0.25, 0.3) is 0 Å². The van der Waals surface area contributed by atoms with Gasteiger partial charge in [0.15, 0.2) is 5.75 Å². The molecule has 3 heteroatoms. The van der Waals surface area contributed by atoms with E-state index < -0.39 is 0 Å². The summed E-state index contributed by atoms with van der Waals surface area (Å²) in [4.78, 5) is 3.85. The van der Waals surface area contributed by atoms with Gasteiger partial charge in [0.1, 0.15) is 5.82 Å². The van der Waals surface area contributed by atoms with Gasteiger partial charge in [-0.15, -0.1) is 0 Å². The normalized spacial score (nSPS) is 9.00. The lowest BCUT2D eigenvalue weighted by molar-refractivity contribution is 0.354. The molecule has 0 aromatic carbocycles. The fraction of sp³-hybridized carbons (Fsp3) is 0.167. The molecule has 0 aliphatic heterocycles. The highest BCUT2D eigenvalue weighted by Gasteiger charge is 1.90. The van der Waals surface area contributed by atoms with Gasteiger partial charge in [-0.1, -0.05) is 0 Å². The van der Waals surface area contributed by atoms with Crippen LogP contribution in [-0.4, -0.2) is 12.0 Å². The van der Waals surface area contributed by atoms with Crippen molar-refractivity contribution in [3.05, 3.63) is 18.3 Å². The van der Waals surface area contributed by atoms with Crippen molar-refractivity contribution in [2.24, 2.45) is 0 Å². The van der Waals surface area contributed by atoms with Crippen LogP contribution in [0.2, 0.25) is 0 Å². The molecule has 1 rings (SSSR count). The Hall–Kier alpha value is -1.25. The van der Waals surface area contributed by atoms with E-state index in [4.69, 9.17) is 0 Å². The molecule has 1 N–H and O–H groups in total. The summed E-state index contributed by atoms with van der Waals surface area (Å²) in [5.74, 6) is 0.594. The molecule has 0 aliphatic rings. The number of anilines is 1. The first-order valence-electron chi connectivity index (χ1n) is 2.64. The van der Waals surface area contributed by atoms with Gasteiger partial charge in [0.25, 0.3) is 0 Å². The van der Waals surface area contributed by atoms with Crippen molar-refractivity contribution in [2.45, 2.75) is 0 Å². The minimum Gasteiger partial charge on any atom is -0.373 e. The first kappa shape index (κ1) is 5.88. The fourth-order valence-electron chi connectivity index (χ4n) is 0.548. The second-order valence-electron chi connectivity index (χ2n) is 1.63. The number of rotatable bonds is 1. The predicted octanol–water partition coefficient (Wildman–Crippen LogP) is 1.27. The monoisotopic (exact) mass is 123 g/mol. The molecular formula is C6H7N2O. The summed E-state index contributed by atoms with van der Waals surface area (Å²) in [7, 11) is 1.72. The third-order valence-corrected chi connectivity index (χ3v) is 0.988. The van der Waals surface area contributed by atoms with E-state index in [1.807, 2.05) is 0 Å². The van der Waals surface area contributed by atoms with E-state index in [9.17, 15) is 5.11 Å². The van der Waals surface area contributed by atoms with E-state index in [0.29, 0.717) is 5.82 Å². The molecule has 0 saturated heterocycles. The maximum atomic E-state index is 10.6. The zero-order valence-electron chi connectivity index (χ0n) is 5.09. The van der Waals surface area contributed by atoms with Gasteiger partial charge >= 0.3 is 0 Å². The zero-order valence-corrected chi connectivity index (χ0v) is 5.09. The molecule has 1 aromatic heterocycles. The van der Waals surface area contributed by atoms with Gasteiger partial charge < -0.3 is 5.32 Å². The number of hydrogen-bond acceptors (Lipinski definition) is 2. The van der Waals surface area contributed by atoms with Crippen LogP contribution in [0.3, 0.4) is 0 Å². The highest BCUT2D eigenvalue weighted by atomic mass is 16.3. The SMILES string of the molecule is CNc1cc([O])ccn1. The second-order valence-corrected chi connectivity index (χ2v) is 1.63. The number of pyridine rings is 1. The number of nitrogens with one attached hydrogen (secondary N) is 1. The standard InChI is InChI=1S/C6H7N2O/c1-7-6-4-5(9)2-3-8-6/h2-4H,1H3,(H,7,8). The van der Waals surface area contributed by atoms with Crippen molar-refractivity contribution in [2.75, 3.05) is 12.4 Å². The molecule has 9 heavy (non-hydrogen) atoms. The maximum absolute atomic E-state index is 10.6. The molecule has 0 atom stereocenters. The van der Waals surface area contributed by atoms with Gasteiger partial charge in [-0.05, 0) is 0 Å². The Morgan fingerprint density at radius 3 is 2.89 bits per heavy atom. The lowest BCUT2D eigenvalue weighted by atomic mass is 10.4. The summed E-state index contributed by atoms with van der Waals surface area (Å²) in [6.45, 7) is 0. The zero-order chi connectivity index (χ0) is 6.69. The van der Waals surface area contributed by atoms with Crippen molar-refractivity contribution in [3.8, 4) is 5.75 Å². The minimum absolute atomic E-state index is 0.0191. The predicted molar refractivity (Wildman–Crippen MR) is 33.9 cm³/mol. The summed E-state index contributed by atoms with van der Waals surface area (Å²) < 4.78 is 0. The van der Waals surface area contributed by atoms with Crippen LogP contribution >= 0.6 is 0 Å². The molecule has 0 fully saturated rings. The van der Waals surface area contributed by atoms with Crippen LogP contribution in [0.1, 0.15) is 0 Å². The fourth-order valence-corrected chi connectivity index (χ4v) is 0.548. The maximum Gasteiger partial charge on any atom is 0.183 e. The molecule has 3 nitrogen and oxygen atoms in total. The Bertz CT molecular complexity index is 200. The average Bonchev–Trinajstić information content (AvgIpc) is 1.88. The lowest BCUT2D eigenvalue weighted by Gasteiger charge is -1.94. The van der Waals surface area contributed by atoms with E-state index in [1.165, 1.54) is 18.3 Å². The topological polar surface area (TPSA) is 44.8 Å². The van der Waals surface area contributed by atoms with Crippen molar-refractivity contribution in [1.29, 1.82) is 0 Å². The van der Waals surface area contributed by atoms with Crippen LogP contribution in [0.4, 0.5) is 5.82 Å². The molecule has 0 saturated carbocycles. The molecule has 1 radical (unpaired) electrons. The van der Waals surface area contributed by atoms with Crippen molar-refractivity contribution >= 4 is 5.82 Å². The molecule has 1 aromatic rings. The average molecular weight is 123 g/mol. The molecule has 0 aliphatic carbocycles. The minimum atomic E-state index is -0.0191. The first-order valence-corrected chi connectivity index (χ1v) is 2.64. The van der Waals surface area contributed by atoms with Crippen LogP contribution in [0, 0.1) is 0 Å². The molecular weight excluding hydrogens is 116 g/mol. The van der Waals surface area contributed by atoms with Crippen LogP contribution in [0.5, 0.6) is 5.75 Å². The van der Waals surface area contributed by atoms with Gasteiger partial charge in [-0.25, -0.2) is 4.98 Å². The molecule has 0 amide bonds. The lowest BCUT2D eigenvalue weighted by Crippen LogP contribution is -1.89. The molecule has 0 unspecified atom stereocenters. The number of nitrogens with zero attached hydrogens (tertiary/aromatic N) is 1. The van der Waals surface area contributed by atoms with Crippen molar-refractivity contribution in [3.63, 3.8) is 0 Å². The van der Waals surface area contributed by atoms with Crippen LogP contribution in [0.15, 0.2) is 18.3 Å². The third-order valence-electron chi connectivity index (χ3n) is 0.988. The Morgan fingerprint density at radius 2 is 2.44 bits per heavy atom. The van der Waals surface area contributed by atoms with E-state index in [1.54, 1.807) is 7.05 Å². The van der Waals surface area contributed by atoms with E-state index in [-0.39, 0.29) is 5.75 Å². The summed E-state index contributed by atoms with van der Waals surface area (Å²) >= 11 is 0. The summed E-state index contributed by atoms with van der Waals surface area (Å²) in [5.41, 5.74) is 0. The third kappa shape index (κ3) is 1.32. The van der Waals surface area contributed by atoms with Gasteiger partial charge in [0, 0.05) is 25.4 Å². The van der Waals surface area contributed by atoms with E-state index in [0.717, 1.165) is 0 Å². The molecule has 0 bridgehead atoms.